The Bertz CT molecular complexity index is 228. The van der Waals surface area contributed by atoms with Gasteiger partial charge >= 0.3 is 0 Å². The molecule has 0 unspecified atom stereocenters. The van der Waals surface area contributed by atoms with Crippen LogP contribution in [0.3, 0.4) is 0 Å². The second-order valence-electron chi connectivity index (χ2n) is 1.50. The van der Waals surface area contributed by atoms with Gasteiger partial charge in [-0.1, -0.05) is 18.2 Å². The lowest BCUT2D eigenvalue weighted by Gasteiger charge is -1.82. The molecule has 46 valence electrons. The highest BCUT2D eigenvalue weighted by molar-refractivity contribution is 8.03. The maximum Gasteiger partial charge on any atom is 0.119 e. The van der Waals surface area contributed by atoms with Crippen LogP contribution in [0.25, 0.3) is 0 Å². The highest BCUT2D eigenvalue weighted by atomic mass is 32.4. The normalized spacial score (nSPS) is 9.33. The largest absolute Gasteiger partial charge is 0.207 e. The molecule has 0 atom stereocenters. The minimum Gasteiger partial charge on any atom is -0.207 e. The molecule has 0 aliphatic rings. The van der Waals surface area contributed by atoms with Gasteiger partial charge in [0.2, 0.25) is 0 Å². The maximum atomic E-state index is 10.0. The lowest BCUT2D eigenvalue weighted by Crippen LogP contribution is -1.85. The summed E-state index contributed by atoms with van der Waals surface area (Å²) in [5.41, 5.74) is 0. The summed E-state index contributed by atoms with van der Waals surface area (Å²) >= 11 is 0. The standard InChI is InChI=1S/C6H5OPS/c7-9-8-6-4-2-1-3-5-6/h1-5H. The molecule has 0 radical (unpaired) electrons. The maximum absolute atomic E-state index is 10.0. The molecule has 1 rings (SSSR count). The van der Waals surface area contributed by atoms with Crippen molar-refractivity contribution < 1.29 is 4.21 Å². The predicted molar refractivity (Wildman–Crippen MR) is 41.1 cm³/mol. The third-order valence-electron chi connectivity index (χ3n) is 0.899. The van der Waals surface area contributed by atoms with Crippen LogP contribution >= 0.6 is 7.36 Å². The van der Waals surface area contributed by atoms with Gasteiger partial charge in [0, 0.05) is 12.7 Å². The van der Waals surface area contributed by atoms with E-state index in [-0.39, 0.29) is 0 Å². The Morgan fingerprint density at radius 2 is 1.89 bits per heavy atom. The van der Waals surface area contributed by atoms with Crippen molar-refractivity contribution in [1.29, 1.82) is 0 Å². The van der Waals surface area contributed by atoms with Crippen molar-refractivity contribution in [3.63, 3.8) is 0 Å². The molecule has 0 amide bonds. The van der Waals surface area contributed by atoms with Crippen LogP contribution < -0.4 is 5.30 Å². The summed E-state index contributed by atoms with van der Waals surface area (Å²) in [7, 11) is 1.37. The van der Waals surface area contributed by atoms with Gasteiger partial charge in [0.1, 0.15) is 10.8 Å². The van der Waals surface area contributed by atoms with Crippen LogP contribution in [0.2, 0.25) is 0 Å². The van der Waals surface area contributed by atoms with E-state index in [0.29, 0.717) is 10.8 Å². The zero-order valence-corrected chi connectivity index (χ0v) is 6.36. The molecule has 0 saturated carbocycles. The topological polar surface area (TPSA) is 17.1 Å². The molecule has 0 saturated heterocycles. The summed E-state index contributed by atoms with van der Waals surface area (Å²) < 4.78 is 10.0. The average Bonchev–Trinajstić information content (AvgIpc) is 1.91. The van der Waals surface area contributed by atoms with Crippen LogP contribution in [0.1, 0.15) is 0 Å². The zero-order chi connectivity index (χ0) is 6.53. The fraction of sp³-hybridized carbons (Fsp3) is 0. The Kier molecular flexibility index (Phi) is 2.62. The van der Waals surface area contributed by atoms with E-state index in [9.17, 15) is 4.21 Å². The van der Waals surface area contributed by atoms with Crippen molar-refractivity contribution >= 4 is 23.5 Å². The fourth-order valence-electron chi connectivity index (χ4n) is 0.532. The van der Waals surface area contributed by atoms with Gasteiger partial charge in [-0.05, 0) is 12.1 Å². The van der Waals surface area contributed by atoms with Gasteiger partial charge in [-0.15, -0.1) is 0 Å². The van der Waals surface area contributed by atoms with Gasteiger partial charge in [0.05, 0.1) is 0 Å². The van der Waals surface area contributed by atoms with Gasteiger partial charge in [0.15, 0.2) is 0 Å². The monoisotopic (exact) mass is 156 g/mol. The second-order valence-corrected chi connectivity index (χ2v) is 3.34. The van der Waals surface area contributed by atoms with Crippen LogP contribution in [0.5, 0.6) is 0 Å². The lowest BCUT2D eigenvalue weighted by molar-refractivity contribution is 0.701. The Morgan fingerprint density at radius 3 is 2.44 bits per heavy atom. The fourth-order valence-corrected chi connectivity index (χ4v) is 1.54. The molecule has 3 heteroatoms. The molecule has 0 fully saturated rings. The molecule has 0 bridgehead atoms. The van der Waals surface area contributed by atoms with Gasteiger partial charge in [-0.25, -0.2) is 4.21 Å². The Labute approximate surface area is 58.6 Å². The first kappa shape index (κ1) is 6.66. The summed E-state index contributed by atoms with van der Waals surface area (Å²) in [4.78, 5) is 0. The summed E-state index contributed by atoms with van der Waals surface area (Å²) in [6.45, 7) is 0. The van der Waals surface area contributed by atoms with E-state index < -0.39 is 0 Å². The van der Waals surface area contributed by atoms with Gasteiger partial charge < -0.3 is 0 Å². The number of hydrogen-bond acceptors (Lipinski definition) is 1. The molecule has 0 aromatic heterocycles. The number of benzene rings is 1. The van der Waals surface area contributed by atoms with Gasteiger partial charge in [0.25, 0.3) is 0 Å². The van der Waals surface area contributed by atoms with E-state index in [0.717, 1.165) is 12.7 Å². The molecule has 0 heterocycles. The first-order chi connectivity index (χ1) is 4.43. The summed E-state index contributed by atoms with van der Waals surface area (Å²) in [5, 5.41) is 1.07. The van der Waals surface area contributed by atoms with Crippen LogP contribution in [0.15, 0.2) is 30.3 Å². The highest BCUT2D eigenvalue weighted by Gasteiger charge is 1.80. The summed E-state index contributed by atoms with van der Waals surface area (Å²) in [5.74, 6) is 0. The first-order valence-electron chi connectivity index (χ1n) is 2.48. The third kappa shape index (κ3) is 2.08. The van der Waals surface area contributed by atoms with E-state index >= 15 is 0 Å². The van der Waals surface area contributed by atoms with Crippen LogP contribution in [0.4, 0.5) is 0 Å². The SMILES string of the molecule is O=S=Pc1ccccc1. The molecule has 0 aliphatic heterocycles. The van der Waals surface area contributed by atoms with E-state index in [1.165, 1.54) is 0 Å². The lowest BCUT2D eigenvalue weighted by atomic mass is 10.4. The van der Waals surface area contributed by atoms with Crippen molar-refractivity contribution in [1.82, 2.24) is 0 Å². The van der Waals surface area contributed by atoms with Crippen molar-refractivity contribution in [3.8, 4) is 0 Å². The van der Waals surface area contributed by atoms with E-state index in [2.05, 4.69) is 0 Å². The van der Waals surface area contributed by atoms with Crippen molar-refractivity contribution in [3.05, 3.63) is 30.3 Å². The number of hydrogen-bond donors (Lipinski definition) is 0. The minimum atomic E-state index is 0.577. The molecule has 9 heavy (non-hydrogen) atoms. The van der Waals surface area contributed by atoms with E-state index in [1.807, 2.05) is 30.3 Å². The van der Waals surface area contributed by atoms with Crippen molar-refractivity contribution in [2.75, 3.05) is 0 Å². The summed E-state index contributed by atoms with van der Waals surface area (Å²) in [6.07, 6.45) is 0. The second kappa shape index (κ2) is 3.54. The molecular formula is C6H5OPS. The Morgan fingerprint density at radius 1 is 1.22 bits per heavy atom. The predicted octanol–water partition coefficient (Wildman–Crippen LogP) is 1.39. The number of rotatable bonds is 1. The van der Waals surface area contributed by atoms with Crippen LogP contribution in [-0.2, 0) is 10.8 Å². The third-order valence-corrected chi connectivity index (χ3v) is 2.34. The first-order valence-corrected chi connectivity index (χ1v) is 4.72. The van der Waals surface area contributed by atoms with Crippen molar-refractivity contribution in [2.45, 2.75) is 0 Å². The smallest absolute Gasteiger partial charge is 0.119 e. The summed E-state index contributed by atoms with van der Waals surface area (Å²) in [6, 6.07) is 9.67. The van der Waals surface area contributed by atoms with E-state index in [4.69, 9.17) is 0 Å². The Balaban J connectivity index is 2.97. The van der Waals surface area contributed by atoms with Gasteiger partial charge in [-0.3, -0.25) is 0 Å². The van der Waals surface area contributed by atoms with E-state index in [1.54, 1.807) is 0 Å². The average molecular weight is 156 g/mol. The van der Waals surface area contributed by atoms with Crippen molar-refractivity contribution in [2.24, 2.45) is 0 Å². The molecule has 0 aliphatic carbocycles. The molecule has 1 aromatic carbocycles. The minimum absolute atomic E-state index is 0.577. The molecular weight excluding hydrogens is 151 g/mol. The van der Waals surface area contributed by atoms with Crippen LogP contribution in [0, 0.1) is 0 Å². The molecule has 0 N–H and O–H groups in total. The molecule has 1 nitrogen and oxygen atoms in total. The molecule has 0 spiro atoms. The van der Waals surface area contributed by atoms with Gasteiger partial charge in [-0.2, -0.15) is 0 Å². The highest BCUT2D eigenvalue weighted by Crippen LogP contribution is 1.94. The quantitative estimate of drug-likeness (QED) is 0.561. The zero-order valence-electron chi connectivity index (χ0n) is 4.65. The van der Waals surface area contributed by atoms with Crippen LogP contribution in [-0.4, -0.2) is 4.21 Å². The molecule has 1 aromatic rings. The Hall–Kier alpha value is -0.460.